The van der Waals surface area contributed by atoms with E-state index in [4.69, 9.17) is 11.6 Å². The SMILES string of the molecule is CC(C)c1ccc(CN(C)CC2CC(Cl)C2)cc1. The normalized spacial score (nSPS) is 23.4. The van der Waals surface area contributed by atoms with Crippen molar-refractivity contribution in [2.24, 2.45) is 5.92 Å². The molecule has 0 radical (unpaired) electrons. The molecule has 0 amide bonds. The molecule has 1 saturated carbocycles. The smallest absolute Gasteiger partial charge is 0.0342 e. The Labute approximate surface area is 116 Å². The standard InChI is InChI=1S/C16H24ClN/c1-12(2)15-6-4-13(5-7-15)10-18(3)11-14-8-16(17)9-14/h4-7,12,14,16H,8-11H2,1-3H3. The fourth-order valence-electron chi connectivity index (χ4n) is 2.63. The highest BCUT2D eigenvalue weighted by atomic mass is 35.5. The molecule has 18 heavy (non-hydrogen) atoms. The van der Waals surface area contributed by atoms with Gasteiger partial charge in [0.1, 0.15) is 0 Å². The van der Waals surface area contributed by atoms with Crippen molar-refractivity contribution in [2.45, 2.75) is 44.5 Å². The summed E-state index contributed by atoms with van der Waals surface area (Å²) in [6.07, 6.45) is 2.39. The second kappa shape index (κ2) is 6.08. The third-order valence-electron chi connectivity index (χ3n) is 3.85. The zero-order chi connectivity index (χ0) is 13.1. The number of alkyl halides is 1. The first-order valence-electron chi connectivity index (χ1n) is 6.96. The minimum Gasteiger partial charge on any atom is -0.302 e. The highest BCUT2D eigenvalue weighted by Crippen LogP contribution is 2.32. The van der Waals surface area contributed by atoms with Gasteiger partial charge in [-0.1, -0.05) is 38.1 Å². The third kappa shape index (κ3) is 3.73. The monoisotopic (exact) mass is 265 g/mol. The zero-order valence-corrected chi connectivity index (χ0v) is 12.5. The first-order valence-corrected chi connectivity index (χ1v) is 7.39. The van der Waals surface area contributed by atoms with E-state index in [1.165, 1.54) is 30.5 Å². The summed E-state index contributed by atoms with van der Waals surface area (Å²) in [6.45, 7) is 6.69. The lowest BCUT2D eigenvalue weighted by Gasteiger charge is -2.34. The first kappa shape index (κ1) is 13.9. The summed E-state index contributed by atoms with van der Waals surface area (Å²) in [5.41, 5.74) is 2.83. The van der Waals surface area contributed by atoms with Gasteiger partial charge < -0.3 is 4.90 Å². The van der Waals surface area contributed by atoms with Gasteiger partial charge in [0, 0.05) is 18.5 Å². The average Bonchev–Trinajstić information content (AvgIpc) is 2.27. The molecule has 2 heteroatoms. The van der Waals surface area contributed by atoms with Crippen molar-refractivity contribution in [3.63, 3.8) is 0 Å². The minimum atomic E-state index is 0.439. The molecule has 0 aliphatic heterocycles. The van der Waals surface area contributed by atoms with Crippen LogP contribution in [0.5, 0.6) is 0 Å². The molecule has 1 aromatic rings. The fraction of sp³-hybridized carbons (Fsp3) is 0.625. The molecule has 0 aromatic heterocycles. The van der Waals surface area contributed by atoms with E-state index in [-0.39, 0.29) is 0 Å². The van der Waals surface area contributed by atoms with Gasteiger partial charge in [0.05, 0.1) is 0 Å². The van der Waals surface area contributed by atoms with Crippen molar-refractivity contribution in [2.75, 3.05) is 13.6 Å². The van der Waals surface area contributed by atoms with E-state index in [1.54, 1.807) is 0 Å². The molecule has 100 valence electrons. The van der Waals surface area contributed by atoms with E-state index in [0.717, 1.165) is 12.5 Å². The Morgan fingerprint density at radius 1 is 1.22 bits per heavy atom. The van der Waals surface area contributed by atoms with Gasteiger partial charge in [0.15, 0.2) is 0 Å². The van der Waals surface area contributed by atoms with Crippen LogP contribution in [-0.4, -0.2) is 23.9 Å². The largest absolute Gasteiger partial charge is 0.302 e. The van der Waals surface area contributed by atoms with Crippen molar-refractivity contribution < 1.29 is 0 Å². The van der Waals surface area contributed by atoms with Gasteiger partial charge in [0.2, 0.25) is 0 Å². The maximum atomic E-state index is 6.02. The van der Waals surface area contributed by atoms with Gasteiger partial charge in [-0.15, -0.1) is 11.6 Å². The van der Waals surface area contributed by atoms with E-state index in [0.29, 0.717) is 11.3 Å². The lowest BCUT2D eigenvalue weighted by molar-refractivity contribution is 0.204. The molecule has 2 rings (SSSR count). The molecule has 1 nitrogen and oxygen atoms in total. The Morgan fingerprint density at radius 3 is 2.33 bits per heavy atom. The van der Waals surface area contributed by atoms with Crippen LogP contribution in [0.4, 0.5) is 0 Å². The molecule has 1 fully saturated rings. The van der Waals surface area contributed by atoms with Crippen molar-refractivity contribution in [1.82, 2.24) is 4.90 Å². The van der Waals surface area contributed by atoms with E-state index in [9.17, 15) is 0 Å². The van der Waals surface area contributed by atoms with Gasteiger partial charge in [-0.25, -0.2) is 0 Å². The maximum absolute atomic E-state index is 6.02. The van der Waals surface area contributed by atoms with Crippen LogP contribution in [-0.2, 0) is 6.54 Å². The van der Waals surface area contributed by atoms with Gasteiger partial charge in [-0.2, -0.15) is 0 Å². The van der Waals surface area contributed by atoms with Crippen LogP contribution < -0.4 is 0 Å². The first-order chi connectivity index (χ1) is 8.54. The molecule has 0 heterocycles. The van der Waals surface area contributed by atoms with E-state index >= 15 is 0 Å². The van der Waals surface area contributed by atoms with Crippen molar-refractivity contribution in [3.05, 3.63) is 35.4 Å². The molecule has 0 unspecified atom stereocenters. The summed E-state index contributed by atoms with van der Waals surface area (Å²) in [7, 11) is 2.21. The molecule has 0 spiro atoms. The Kier molecular flexibility index (Phi) is 4.69. The number of nitrogens with zero attached hydrogens (tertiary/aromatic N) is 1. The summed E-state index contributed by atoms with van der Waals surface area (Å²) >= 11 is 6.02. The van der Waals surface area contributed by atoms with Crippen LogP contribution >= 0.6 is 11.6 Å². The highest BCUT2D eigenvalue weighted by Gasteiger charge is 2.27. The summed E-state index contributed by atoms with van der Waals surface area (Å²) in [5.74, 6) is 1.43. The average molecular weight is 266 g/mol. The number of hydrogen-bond donors (Lipinski definition) is 0. The Hall–Kier alpha value is -0.530. The zero-order valence-electron chi connectivity index (χ0n) is 11.7. The molecule has 0 atom stereocenters. The Bertz CT molecular complexity index is 365. The third-order valence-corrected chi connectivity index (χ3v) is 4.20. The Balaban J connectivity index is 1.81. The number of hydrogen-bond acceptors (Lipinski definition) is 1. The second-order valence-corrected chi connectivity index (χ2v) is 6.64. The van der Waals surface area contributed by atoms with E-state index in [1.807, 2.05) is 0 Å². The lowest BCUT2D eigenvalue weighted by Crippen LogP contribution is -2.34. The Morgan fingerprint density at radius 2 is 1.83 bits per heavy atom. The van der Waals surface area contributed by atoms with Crippen molar-refractivity contribution in [1.29, 1.82) is 0 Å². The molecular weight excluding hydrogens is 242 g/mol. The molecule has 0 bridgehead atoms. The fourth-order valence-corrected chi connectivity index (χ4v) is 3.13. The second-order valence-electron chi connectivity index (χ2n) is 6.03. The molecular formula is C16H24ClN. The minimum absolute atomic E-state index is 0.439. The maximum Gasteiger partial charge on any atom is 0.0342 e. The quantitative estimate of drug-likeness (QED) is 0.719. The molecule has 0 N–H and O–H groups in total. The van der Waals surface area contributed by atoms with Crippen LogP contribution in [0.15, 0.2) is 24.3 Å². The summed E-state index contributed by atoms with van der Waals surface area (Å²) in [5, 5.41) is 0.439. The van der Waals surface area contributed by atoms with Crippen molar-refractivity contribution >= 4 is 11.6 Å². The van der Waals surface area contributed by atoms with E-state index in [2.05, 4.69) is 50.1 Å². The van der Waals surface area contributed by atoms with Crippen LogP contribution in [0.25, 0.3) is 0 Å². The predicted molar refractivity (Wildman–Crippen MR) is 79.2 cm³/mol. The summed E-state index contributed by atoms with van der Waals surface area (Å²) in [4.78, 5) is 2.41. The topological polar surface area (TPSA) is 3.24 Å². The summed E-state index contributed by atoms with van der Waals surface area (Å²) < 4.78 is 0. The van der Waals surface area contributed by atoms with Crippen molar-refractivity contribution in [3.8, 4) is 0 Å². The van der Waals surface area contributed by atoms with Gasteiger partial charge in [-0.3, -0.25) is 0 Å². The molecule has 1 aromatic carbocycles. The van der Waals surface area contributed by atoms with Gasteiger partial charge >= 0.3 is 0 Å². The molecule has 1 aliphatic rings. The van der Waals surface area contributed by atoms with Crippen LogP contribution in [0.1, 0.15) is 43.7 Å². The van der Waals surface area contributed by atoms with Crippen LogP contribution in [0.2, 0.25) is 0 Å². The lowest BCUT2D eigenvalue weighted by atomic mass is 9.84. The number of benzene rings is 1. The molecule has 1 aliphatic carbocycles. The van der Waals surface area contributed by atoms with Gasteiger partial charge in [0.25, 0.3) is 0 Å². The number of rotatable bonds is 5. The van der Waals surface area contributed by atoms with Gasteiger partial charge in [-0.05, 0) is 42.9 Å². The van der Waals surface area contributed by atoms with E-state index < -0.39 is 0 Å². The highest BCUT2D eigenvalue weighted by molar-refractivity contribution is 6.21. The number of halogens is 1. The predicted octanol–water partition coefficient (Wildman–Crippen LogP) is 4.26. The molecule has 0 saturated heterocycles. The summed E-state index contributed by atoms with van der Waals surface area (Å²) in [6, 6.07) is 9.03. The van der Waals surface area contributed by atoms with Crippen LogP contribution in [0, 0.1) is 5.92 Å². The van der Waals surface area contributed by atoms with Crippen LogP contribution in [0.3, 0.4) is 0 Å².